The molecule has 0 fully saturated rings. The Balaban J connectivity index is 2.12. The summed E-state index contributed by atoms with van der Waals surface area (Å²) in [5.41, 5.74) is 1.72. The zero-order chi connectivity index (χ0) is 18.2. The molecule has 1 unspecified atom stereocenters. The highest BCUT2D eigenvalue weighted by molar-refractivity contribution is 5.84. The first-order chi connectivity index (χ1) is 12.0. The van der Waals surface area contributed by atoms with Gasteiger partial charge in [-0.2, -0.15) is 0 Å². The van der Waals surface area contributed by atoms with Gasteiger partial charge in [-0.3, -0.25) is 4.79 Å². The summed E-state index contributed by atoms with van der Waals surface area (Å²) in [5, 5.41) is 9.33. The molecule has 0 bridgehead atoms. The maximum absolute atomic E-state index is 12.7. The van der Waals surface area contributed by atoms with Crippen LogP contribution in [-0.4, -0.2) is 34.5 Å². The highest BCUT2D eigenvalue weighted by Gasteiger charge is 2.25. The Morgan fingerprint density at radius 3 is 2.24 bits per heavy atom. The SMILES string of the molecule is CCOc1ccc(CC(=O)N(Cc2ccccc2)C(C)C(=O)O)cc1. The van der Waals surface area contributed by atoms with Crippen LogP contribution < -0.4 is 4.74 Å². The van der Waals surface area contributed by atoms with Crippen molar-refractivity contribution in [1.82, 2.24) is 4.90 Å². The van der Waals surface area contributed by atoms with E-state index in [2.05, 4.69) is 0 Å². The van der Waals surface area contributed by atoms with E-state index in [0.29, 0.717) is 6.61 Å². The van der Waals surface area contributed by atoms with Gasteiger partial charge >= 0.3 is 5.97 Å². The van der Waals surface area contributed by atoms with E-state index in [4.69, 9.17) is 4.74 Å². The quantitative estimate of drug-likeness (QED) is 0.801. The standard InChI is InChI=1S/C20H23NO4/c1-3-25-18-11-9-16(10-12-18)13-19(22)21(15(2)20(23)24)14-17-7-5-4-6-8-17/h4-12,15H,3,13-14H2,1-2H3,(H,23,24). The molecule has 0 spiro atoms. The van der Waals surface area contributed by atoms with Gasteiger partial charge in [-0.25, -0.2) is 4.79 Å². The number of nitrogens with zero attached hydrogens (tertiary/aromatic N) is 1. The minimum atomic E-state index is -1.02. The second kappa shape index (κ2) is 8.87. The lowest BCUT2D eigenvalue weighted by Crippen LogP contribution is -2.43. The van der Waals surface area contributed by atoms with Crippen LogP contribution in [0, 0.1) is 0 Å². The van der Waals surface area contributed by atoms with E-state index in [1.165, 1.54) is 11.8 Å². The van der Waals surface area contributed by atoms with Crippen LogP contribution in [0.25, 0.3) is 0 Å². The molecule has 2 aromatic rings. The van der Waals surface area contributed by atoms with E-state index in [9.17, 15) is 14.7 Å². The van der Waals surface area contributed by atoms with Crippen molar-refractivity contribution in [2.24, 2.45) is 0 Å². The largest absolute Gasteiger partial charge is 0.494 e. The Labute approximate surface area is 147 Å². The van der Waals surface area contributed by atoms with Crippen LogP contribution in [-0.2, 0) is 22.6 Å². The monoisotopic (exact) mass is 341 g/mol. The van der Waals surface area contributed by atoms with Crippen LogP contribution in [0.15, 0.2) is 54.6 Å². The second-order valence-corrected chi connectivity index (χ2v) is 5.78. The smallest absolute Gasteiger partial charge is 0.326 e. The highest BCUT2D eigenvalue weighted by Crippen LogP contribution is 2.15. The number of benzene rings is 2. The maximum Gasteiger partial charge on any atom is 0.326 e. The number of amides is 1. The van der Waals surface area contributed by atoms with E-state index in [0.717, 1.165) is 16.9 Å². The Bertz CT molecular complexity index is 697. The van der Waals surface area contributed by atoms with E-state index in [-0.39, 0.29) is 18.9 Å². The van der Waals surface area contributed by atoms with Crippen LogP contribution in [0.5, 0.6) is 5.75 Å². The predicted octanol–water partition coefficient (Wildman–Crippen LogP) is 3.13. The Morgan fingerprint density at radius 1 is 1.04 bits per heavy atom. The van der Waals surface area contributed by atoms with Gasteiger partial charge in [0.2, 0.25) is 5.91 Å². The number of carboxylic acid groups (broad SMARTS) is 1. The van der Waals surface area contributed by atoms with Crippen molar-refractivity contribution >= 4 is 11.9 Å². The molecule has 0 heterocycles. The predicted molar refractivity (Wildman–Crippen MR) is 95.4 cm³/mol. The van der Waals surface area contributed by atoms with Crippen LogP contribution in [0.1, 0.15) is 25.0 Å². The zero-order valence-electron chi connectivity index (χ0n) is 14.5. The lowest BCUT2D eigenvalue weighted by Gasteiger charge is -2.27. The fourth-order valence-corrected chi connectivity index (χ4v) is 2.50. The number of hydrogen-bond donors (Lipinski definition) is 1. The number of carbonyl (C=O) groups is 2. The van der Waals surface area contributed by atoms with Crippen molar-refractivity contribution in [2.75, 3.05) is 6.61 Å². The average Bonchev–Trinajstić information content (AvgIpc) is 2.61. The molecular formula is C20H23NO4. The molecule has 5 heteroatoms. The van der Waals surface area contributed by atoms with Crippen molar-refractivity contribution < 1.29 is 19.4 Å². The molecule has 0 saturated carbocycles. The normalized spacial score (nSPS) is 11.6. The Morgan fingerprint density at radius 2 is 1.68 bits per heavy atom. The molecule has 25 heavy (non-hydrogen) atoms. The number of carbonyl (C=O) groups excluding carboxylic acids is 1. The van der Waals surface area contributed by atoms with Crippen LogP contribution in [0.4, 0.5) is 0 Å². The number of rotatable bonds is 8. The van der Waals surface area contributed by atoms with Gasteiger partial charge in [0.15, 0.2) is 0 Å². The van der Waals surface area contributed by atoms with E-state index < -0.39 is 12.0 Å². The molecule has 1 atom stereocenters. The van der Waals surface area contributed by atoms with E-state index in [1.54, 1.807) is 0 Å². The number of hydrogen-bond acceptors (Lipinski definition) is 3. The second-order valence-electron chi connectivity index (χ2n) is 5.78. The topological polar surface area (TPSA) is 66.8 Å². The lowest BCUT2D eigenvalue weighted by molar-refractivity contribution is -0.149. The molecule has 1 amide bonds. The molecule has 0 aliphatic rings. The first-order valence-electron chi connectivity index (χ1n) is 8.29. The summed E-state index contributed by atoms with van der Waals surface area (Å²) in [4.78, 5) is 25.5. The zero-order valence-corrected chi connectivity index (χ0v) is 14.5. The summed E-state index contributed by atoms with van der Waals surface area (Å²) >= 11 is 0. The molecule has 2 aromatic carbocycles. The molecule has 132 valence electrons. The third kappa shape index (κ3) is 5.35. The van der Waals surface area contributed by atoms with Gasteiger partial charge in [-0.1, -0.05) is 42.5 Å². The van der Waals surface area contributed by atoms with Gasteiger partial charge in [0.1, 0.15) is 11.8 Å². The van der Waals surface area contributed by atoms with Gasteiger partial charge in [0.25, 0.3) is 0 Å². The number of ether oxygens (including phenoxy) is 1. The maximum atomic E-state index is 12.7. The fraction of sp³-hybridized carbons (Fsp3) is 0.300. The summed E-state index contributed by atoms with van der Waals surface area (Å²) in [7, 11) is 0. The van der Waals surface area contributed by atoms with Gasteiger partial charge in [0, 0.05) is 6.54 Å². The van der Waals surface area contributed by atoms with Gasteiger partial charge in [-0.15, -0.1) is 0 Å². The summed E-state index contributed by atoms with van der Waals surface area (Å²) in [6.07, 6.45) is 0.150. The van der Waals surface area contributed by atoms with Crippen molar-refractivity contribution in [2.45, 2.75) is 32.9 Å². The third-order valence-corrected chi connectivity index (χ3v) is 3.93. The molecule has 0 saturated heterocycles. The van der Waals surface area contributed by atoms with Crippen LogP contribution >= 0.6 is 0 Å². The first-order valence-corrected chi connectivity index (χ1v) is 8.29. The fourth-order valence-electron chi connectivity index (χ4n) is 2.50. The summed E-state index contributed by atoms with van der Waals surface area (Å²) in [5.74, 6) is -0.488. The molecule has 2 rings (SSSR count). The van der Waals surface area contributed by atoms with Crippen molar-refractivity contribution in [3.8, 4) is 5.75 Å². The number of carboxylic acids is 1. The van der Waals surface area contributed by atoms with E-state index in [1.807, 2.05) is 61.5 Å². The van der Waals surface area contributed by atoms with Gasteiger partial charge in [-0.05, 0) is 37.1 Å². The van der Waals surface area contributed by atoms with Crippen molar-refractivity contribution in [3.63, 3.8) is 0 Å². The molecular weight excluding hydrogens is 318 g/mol. The number of aliphatic carboxylic acids is 1. The Hall–Kier alpha value is -2.82. The van der Waals surface area contributed by atoms with Crippen LogP contribution in [0.3, 0.4) is 0 Å². The van der Waals surface area contributed by atoms with E-state index >= 15 is 0 Å². The molecule has 0 aromatic heterocycles. The molecule has 5 nitrogen and oxygen atoms in total. The summed E-state index contributed by atoms with van der Waals surface area (Å²) in [6, 6.07) is 15.8. The van der Waals surface area contributed by atoms with Gasteiger partial charge in [0.05, 0.1) is 13.0 Å². The van der Waals surface area contributed by atoms with Crippen molar-refractivity contribution in [3.05, 3.63) is 65.7 Å². The molecule has 1 N–H and O–H groups in total. The molecule has 0 aliphatic carbocycles. The van der Waals surface area contributed by atoms with Crippen molar-refractivity contribution in [1.29, 1.82) is 0 Å². The Kier molecular flexibility index (Phi) is 6.57. The average molecular weight is 341 g/mol. The lowest BCUT2D eigenvalue weighted by atomic mass is 10.1. The summed E-state index contributed by atoms with van der Waals surface area (Å²) in [6.45, 7) is 4.29. The third-order valence-electron chi connectivity index (χ3n) is 3.93. The molecule has 0 aliphatic heterocycles. The van der Waals surface area contributed by atoms with Gasteiger partial charge < -0.3 is 14.7 Å². The minimum Gasteiger partial charge on any atom is -0.494 e. The first kappa shape index (κ1) is 18.5. The highest BCUT2D eigenvalue weighted by atomic mass is 16.5. The minimum absolute atomic E-state index is 0.150. The van der Waals surface area contributed by atoms with Crippen LogP contribution in [0.2, 0.25) is 0 Å². The summed E-state index contributed by atoms with van der Waals surface area (Å²) < 4.78 is 5.39. The molecule has 0 radical (unpaired) electrons.